The Hall–Kier alpha value is -1.65. The first kappa shape index (κ1) is 14.8. The Bertz CT molecular complexity index is 492. The Morgan fingerprint density at radius 2 is 1.95 bits per heavy atom. The molecule has 1 aromatic heterocycles. The summed E-state index contributed by atoms with van der Waals surface area (Å²) in [4.78, 5) is 2.40. The molecule has 4 heteroatoms. The number of benzene rings is 1. The van der Waals surface area contributed by atoms with Gasteiger partial charge in [0.15, 0.2) is 0 Å². The zero-order valence-electron chi connectivity index (χ0n) is 12.2. The quantitative estimate of drug-likeness (QED) is 0.798. The zero-order valence-corrected chi connectivity index (χ0v) is 12.2. The van der Waals surface area contributed by atoms with Crippen molar-refractivity contribution in [2.24, 2.45) is 5.73 Å². The van der Waals surface area contributed by atoms with Gasteiger partial charge in [-0.3, -0.25) is 9.58 Å². The first-order valence-electron chi connectivity index (χ1n) is 7.30. The maximum Gasteiger partial charge on any atom is 0.0524 e. The summed E-state index contributed by atoms with van der Waals surface area (Å²) in [6, 6.07) is 12.7. The summed E-state index contributed by atoms with van der Waals surface area (Å²) < 4.78 is 2.05. The molecule has 0 spiro atoms. The fourth-order valence-electron chi connectivity index (χ4n) is 2.39. The van der Waals surface area contributed by atoms with Gasteiger partial charge in [-0.25, -0.2) is 0 Å². The molecule has 1 heterocycles. The SMILES string of the molecule is CCn1nccc1CN(CCN)CCc1ccccc1. The number of aromatic nitrogens is 2. The van der Waals surface area contributed by atoms with Crippen LogP contribution in [0.25, 0.3) is 0 Å². The second-order valence-electron chi connectivity index (χ2n) is 4.94. The van der Waals surface area contributed by atoms with E-state index in [-0.39, 0.29) is 0 Å². The maximum absolute atomic E-state index is 5.73. The van der Waals surface area contributed by atoms with Crippen LogP contribution in [0, 0.1) is 0 Å². The molecule has 0 saturated carbocycles. The summed E-state index contributed by atoms with van der Waals surface area (Å²) in [7, 11) is 0. The van der Waals surface area contributed by atoms with Crippen LogP contribution in [-0.2, 0) is 19.5 Å². The zero-order chi connectivity index (χ0) is 14.2. The van der Waals surface area contributed by atoms with Crippen LogP contribution in [0.3, 0.4) is 0 Å². The van der Waals surface area contributed by atoms with Crippen molar-refractivity contribution >= 4 is 0 Å². The van der Waals surface area contributed by atoms with E-state index in [2.05, 4.69) is 53.3 Å². The Labute approximate surface area is 121 Å². The molecule has 0 aliphatic rings. The first-order valence-corrected chi connectivity index (χ1v) is 7.30. The highest BCUT2D eigenvalue weighted by molar-refractivity contribution is 5.15. The van der Waals surface area contributed by atoms with E-state index < -0.39 is 0 Å². The molecule has 2 rings (SSSR count). The van der Waals surface area contributed by atoms with Gasteiger partial charge in [-0.05, 0) is 25.0 Å². The van der Waals surface area contributed by atoms with E-state index in [9.17, 15) is 0 Å². The highest BCUT2D eigenvalue weighted by Crippen LogP contribution is 2.07. The maximum atomic E-state index is 5.73. The number of hydrogen-bond donors (Lipinski definition) is 1. The van der Waals surface area contributed by atoms with E-state index in [0.29, 0.717) is 6.54 Å². The van der Waals surface area contributed by atoms with Crippen LogP contribution in [0.4, 0.5) is 0 Å². The molecular weight excluding hydrogens is 248 g/mol. The van der Waals surface area contributed by atoms with Gasteiger partial charge in [-0.1, -0.05) is 30.3 Å². The highest BCUT2D eigenvalue weighted by Gasteiger charge is 2.08. The predicted molar refractivity (Wildman–Crippen MR) is 82.4 cm³/mol. The van der Waals surface area contributed by atoms with Crippen molar-refractivity contribution in [3.63, 3.8) is 0 Å². The van der Waals surface area contributed by atoms with Crippen molar-refractivity contribution in [2.75, 3.05) is 19.6 Å². The van der Waals surface area contributed by atoms with Gasteiger partial charge in [0.25, 0.3) is 0 Å². The van der Waals surface area contributed by atoms with Crippen LogP contribution < -0.4 is 5.73 Å². The van der Waals surface area contributed by atoms with Gasteiger partial charge in [0.1, 0.15) is 0 Å². The van der Waals surface area contributed by atoms with Crippen LogP contribution in [0.5, 0.6) is 0 Å². The molecule has 0 atom stereocenters. The average molecular weight is 272 g/mol. The molecule has 0 amide bonds. The summed E-state index contributed by atoms with van der Waals surface area (Å²) in [6.45, 7) is 6.58. The third kappa shape index (κ3) is 4.18. The van der Waals surface area contributed by atoms with E-state index >= 15 is 0 Å². The van der Waals surface area contributed by atoms with Gasteiger partial charge in [-0.2, -0.15) is 5.10 Å². The number of rotatable bonds is 8. The Morgan fingerprint density at radius 1 is 1.15 bits per heavy atom. The Kier molecular flexibility index (Phi) is 5.77. The summed E-state index contributed by atoms with van der Waals surface area (Å²) in [6.07, 6.45) is 2.93. The molecule has 2 N–H and O–H groups in total. The fourth-order valence-corrected chi connectivity index (χ4v) is 2.39. The topological polar surface area (TPSA) is 47.1 Å². The van der Waals surface area contributed by atoms with E-state index in [4.69, 9.17) is 5.73 Å². The number of nitrogens with zero attached hydrogens (tertiary/aromatic N) is 3. The van der Waals surface area contributed by atoms with Gasteiger partial charge in [-0.15, -0.1) is 0 Å². The summed E-state index contributed by atoms with van der Waals surface area (Å²) in [5, 5.41) is 4.32. The average Bonchev–Trinajstić information content (AvgIpc) is 2.93. The molecule has 0 aliphatic carbocycles. The second kappa shape index (κ2) is 7.82. The van der Waals surface area contributed by atoms with Crippen molar-refractivity contribution in [3.05, 3.63) is 53.9 Å². The van der Waals surface area contributed by atoms with E-state index in [1.54, 1.807) is 0 Å². The Morgan fingerprint density at radius 3 is 2.65 bits per heavy atom. The molecule has 0 aliphatic heterocycles. The van der Waals surface area contributed by atoms with Crippen molar-refractivity contribution in [2.45, 2.75) is 26.4 Å². The van der Waals surface area contributed by atoms with Gasteiger partial charge in [0.05, 0.1) is 5.69 Å². The molecule has 0 radical (unpaired) electrons. The largest absolute Gasteiger partial charge is 0.329 e. The molecule has 0 saturated heterocycles. The Balaban J connectivity index is 1.93. The summed E-state index contributed by atoms with van der Waals surface area (Å²) >= 11 is 0. The second-order valence-corrected chi connectivity index (χ2v) is 4.94. The van der Waals surface area contributed by atoms with Crippen LogP contribution >= 0.6 is 0 Å². The lowest BCUT2D eigenvalue weighted by atomic mass is 10.1. The fraction of sp³-hybridized carbons (Fsp3) is 0.438. The van der Waals surface area contributed by atoms with Crippen LogP contribution in [0.2, 0.25) is 0 Å². The predicted octanol–water partition coefficient (Wildman–Crippen LogP) is 1.91. The molecule has 0 unspecified atom stereocenters. The standard InChI is InChI=1S/C16H24N4/c1-2-20-16(8-11-18-20)14-19(13-10-17)12-9-15-6-4-3-5-7-15/h3-8,11H,2,9-10,12-14,17H2,1H3. The normalized spacial score (nSPS) is 11.2. The smallest absolute Gasteiger partial charge is 0.0524 e. The minimum atomic E-state index is 0.690. The third-order valence-electron chi connectivity index (χ3n) is 3.49. The lowest BCUT2D eigenvalue weighted by molar-refractivity contribution is 0.267. The molecule has 2 aromatic rings. The van der Waals surface area contributed by atoms with Crippen molar-refractivity contribution in [1.29, 1.82) is 0 Å². The molecule has 20 heavy (non-hydrogen) atoms. The van der Waals surface area contributed by atoms with E-state index in [1.165, 1.54) is 11.3 Å². The molecule has 108 valence electrons. The molecule has 0 bridgehead atoms. The van der Waals surface area contributed by atoms with Gasteiger partial charge in [0.2, 0.25) is 0 Å². The summed E-state index contributed by atoms with van der Waals surface area (Å²) in [5.41, 5.74) is 8.37. The van der Waals surface area contributed by atoms with Crippen molar-refractivity contribution < 1.29 is 0 Å². The minimum absolute atomic E-state index is 0.690. The first-order chi connectivity index (χ1) is 9.83. The van der Waals surface area contributed by atoms with E-state index in [1.807, 2.05) is 10.9 Å². The molecular formula is C16H24N4. The van der Waals surface area contributed by atoms with Crippen LogP contribution in [0.15, 0.2) is 42.6 Å². The van der Waals surface area contributed by atoms with Gasteiger partial charge in [0, 0.05) is 38.9 Å². The van der Waals surface area contributed by atoms with Gasteiger partial charge >= 0.3 is 0 Å². The minimum Gasteiger partial charge on any atom is -0.329 e. The summed E-state index contributed by atoms with van der Waals surface area (Å²) in [5.74, 6) is 0. The van der Waals surface area contributed by atoms with Crippen molar-refractivity contribution in [3.8, 4) is 0 Å². The van der Waals surface area contributed by atoms with Crippen LogP contribution in [-0.4, -0.2) is 34.3 Å². The molecule has 4 nitrogen and oxygen atoms in total. The lowest BCUT2D eigenvalue weighted by Crippen LogP contribution is -2.31. The monoisotopic (exact) mass is 272 g/mol. The number of nitrogens with two attached hydrogens (primary N) is 1. The number of aryl methyl sites for hydroxylation is 1. The van der Waals surface area contributed by atoms with Crippen molar-refractivity contribution in [1.82, 2.24) is 14.7 Å². The van der Waals surface area contributed by atoms with Crippen LogP contribution in [0.1, 0.15) is 18.2 Å². The van der Waals surface area contributed by atoms with Gasteiger partial charge < -0.3 is 5.73 Å². The lowest BCUT2D eigenvalue weighted by Gasteiger charge is -2.22. The molecule has 1 aromatic carbocycles. The molecule has 0 fully saturated rings. The highest BCUT2D eigenvalue weighted by atomic mass is 15.3. The van der Waals surface area contributed by atoms with E-state index in [0.717, 1.165) is 32.6 Å². The number of hydrogen-bond acceptors (Lipinski definition) is 3. The third-order valence-corrected chi connectivity index (χ3v) is 3.49.